The molecule has 1 aliphatic carbocycles. The van der Waals surface area contributed by atoms with Crippen LogP contribution in [-0.4, -0.2) is 39.0 Å². The minimum absolute atomic E-state index is 0.732. The van der Waals surface area contributed by atoms with Gasteiger partial charge in [0.05, 0.1) is 19.8 Å². The Hall–Kier alpha value is -0.120. The Bertz CT molecular complexity index is 147. The van der Waals surface area contributed by atoms with E-state index in [4.69, 9.17) is 9.47 Å². The molecule has 0 heterocycles. The van der Waals surface area contributed by atoms with Crippen LogP contribution in [0.2, 0.25) is 0 Å². The molecule has 0 aromatic rings. The molecule has 0 spiro atoms. The molecule has 1 saturated carbocycles. The summed E-state index contributed by atoms with van der Waals surface area (Å²) in [6, 6.07) is 0.754. The lowest BCUT2D eigenvalue weighted by Crippen LogP contribution is -2.29. The van der Waals surface area contributed by atoms with Crippen molar-refractivity contribution in [1.82, 2.24) is 5.32 Å². The lowest BCUT2D eigenvalue weighted by molar-refractivity contribution is 0.0472. The third kappa shape index (κ3) is 7.20. The maximum atomic E-state index is 5.49. The zero-order chi connectivity index (χ0) is 11.5. The molecule has 1 aliphatic rings. The minimum atomic E-state index is 0.732. The second-order valence-corrected chi connectivity index (χ2v) is 4.51. The minimum Gasteiger partial charge on any atom is -0.379 e. The van der Waals surface area contributed by atoms with Gasteiger partial charge in [0, 0.05) is 19.2 Å². The molecule has 0 atom stereocenters. The Morgan fingerprint density at radius 1 is 1.00 bits per heavy atom. The molecule has 16 heavy (non-hydrogen) atoms. The van der Waals surface area contributed by atoms with Crippen molar-refractivity contribution in [1.29, 1.82) is 0 Å². The number of unbranched alkanes of at least 4 members (excludes halogenated alkanes) is 1. The summed E-state index contributed by atoms with van der Waals surface area (Å²) >= 11 is 0. The van der Waals surface area contributed by atoms with E-state index in [0.29, 0.717) is 0 Å². The highest BCUT2D eigenvalue weighted by molar-refractivity contribution is 4.72. The molecule has 0 bridgehead atoms. The lowest BCUT2D eigenvalue weighted by atomic mass is 10.2. The van der Waals surface area contributed by atoms with Crippen LogP contribution in [0, 0.1) is 0 Å². The van der Waals surface area contributed by atoms with Gasteiger partial charge in [0.2, 0.25) is 0 Å². The standard InChI is InChI=1S/C13H27NO2/c1-2-3-9-15-11-12-16-10-8-14-13-6-4-5-7-13/h13-14H,2-12H2,1H3. The van der Waals surface area contributed by atoms with Gasteiger partial charge in [0.1, 0.15) is 0 Å². The molecule has 0 aliphatic heterocycles. The number of rotatable bonds is 10. The predicted molar refractivity (Wildman–Crippen MR) is 66.8 cm³/mol. The first-order chi connectivity index (χ1) is 7.93. The molecule has 0 aromatic carbocycles. The van der Waals surface area contributed by atoms with Crippen molar-refractivity contribution in [2.45, 2.75) is 51.5 Å². The van der Waals surface area contributed by atoms with Crippen molar-refractivity contribution < 1.29 is 9.47 Å². The Morgan fingerprint density at radius 2 is 1.69 bits per heavy atom. The van der Waals surface area contributed by atoms with Crippen LogP contribution in [-0.2, 0) is 9.47 Å². The van der Waals surface area contributed by atoms with E-state index in [1.165, 1.54) is 32.1 Å². The SMILES string of the molecule is CCCCOCCOCCNC1CCCC1. The first-order valence-corrected chi connectivity index (χ1v) is 6.82. The summed E-state index contributed by atoms with van der Waals surface area (Å²) in [5, 5.41) is 3.53. The van der Waals surface area contributed by atoms with E-state index in [1.807, 2.05) is 0 Å². The zero-order valence-electron chi connectivity index (χ0n) is 10.7. The normalized spacial score (nSPS) is 17.1. The van der Waals surface area contributed by atoms with E-state index in [2.05, 4.69) is 12.2 Å². The highest BCUT2D eigenvalue weighted by atomic mass is 16.5. The Labute approximate surface area is 99.9 Å². The lowest BCUT2D eigenvalue weighted by Gasteiger charge is -2.11. The quantitative estimate of drug-likeness (QED) is 0.583. The highest BCUT2D eigenvalue weighted by Crippen LogP contribution is 2.17. The highest BCUT2D eigenvalue weighted by Gasteiger charge is 2.12. The fourth-order valence-corrected chi connectivity index (χ4v) is 2.03. The van der Waals surface area contributed by atoms with Crippen LogP contribution in [0.25, 0.3) is 0 Å². The maximum Gasteiger partial charge on any atom is 0.0701 e. The fraction of sp³-hybridized carbons (Fsp3) is 1.00. The van der Waals surface area contributed by atoms with Crippen molar-refractivity contribution >= 4 is 0 Å². The first-order valence-electron chi connectivity index (χ1n) is 6.82. The summed E-state index contributed by atoms with van der Waals surface area (Å²) in [6.45, 7) is 6.32. The third-order valence-corrected chi connectivity index (χ3v) is 3.05. The van der Waals surface area contributed by atoms with Gasteiger partial charge in [-0.1, -0.05) is 26.2 Å². The number of hydrogen-bond donors (Lipinski definition) is 1. The van der Waals surface area contributed by atoms with Gasteiger partial charge in [-0.05, 0) is 19.3 Å². The van der Waals surface area contributed by atoms with Gasteiger partial charge in [-0.15, -0.1) is 0 Å². The van der Waals surface area contributed by atoms with Gasteiger partial charge in [-0.3, -0.25) is 0 Å². The van der Waals surface area contributed by atoms with Crippen LogP contribution >= 0.6 is 0 Å². The van der Waals surface area contributed by atoms with Crippen molar-refractivity contribution in [3.05, 3.63) is 0 Å². The Kier molecular flexibility index (Phi) is 8.77. The average Bonchev–Trinajstić information content (AvgIpc) is 2.80. The van der Waals surface area contributed by atoms with E-state index in [0.717, 1.165) is 45.4 Å². The molecule has 3 heteroatoms. The molecule has 0 aromatic heterocycles. The van der Waals surface area contributed by atoms with Crippen LogP contribution in [0.4, 0.5) is 0 Å². The van der Waals surface area contributed by atoms with E-state index in [-0.39, 0.29) is 0 Å². The molecule has 1 fully saturated rings. The topological polar surface area (TPSA) is 30.5 Å². The maximum absolute atomic E-state index is 5.49. The van der Waals surface area contributed by atoms with E-state index in [9.17, 15) is 0 Å². The van der Waals surface area contributed by atoms with Crippen LogP contribution in [0.1, 0.15) is 45.4 Å². The van der Waals surface area contributed by atoms with Crippen molar-refractivity contribution in [2.24, 2.45) is 0 Å². The smallest absolute Gasteiger partial charge is 0.0701 e. The van der Waals surface area contributed by atoms with Gasteiger partial charge >= 0.3 is 0 Å². The largest absolute Gasteiger partial charge is 0.379 e. The molecule has 0 amide bonds. The number of nitrogens with one attached hydrogen (secondary N) is 1. The van der Waals surface area contributed by atoms with E-state index < -0.39 is 0 Å². The van der Waals surface area contributed by atoms with Crippen molar-refractivity contribution in [3.8, 4) is 0 Å². The second kappa shape index (κ2) is 10.1. The van der Waals surface area contributed by atoms with Crippen LogP contribution < -0.4 is 5.32 Å². The summed E-state index contributed by atoms with van der Waals surface area (Å²) in [4.78, 5) is 0. The van der Waals surface area contributed by atoms with Gasteiger partial charge in [0.15, 0.2) is 0 Å². The third-order valence-electron chi connectivity index (χ3n) is 3.05. The molecule has 0 unspecified atom stereocenters. The molecule has 1 rings (SSSR count). The molecular weight excluding hydrogens is 202 g/mol. The zero-order valence-corrected chi connectivity index (χ0v) is 10.7. The Morgan fingerprint density at radius 3 is 2.38 bits per heavy atom. The number of ether oxygens (including phenoxy) is 2. The molecule has 0 saturated heterocycles. The second-order valence-electron chi connectivity index (χ2n) is 4.51. The first kappa shape index (κ1) is 13.9. The van der Waals surface area contributed by atoms with Gasteiger partial charge in [-0.2, -0.15) is 0 Å². The molecule has 0 radical (unpaired) electrons. The van der Waals surface area contributed by atoms with Gasteiger partial charge in [0.25, 0.3) is 0 Å². The van der Waals surface area contributed by atoms with Gasteiger partial charge < -0.3 is 14.8 Å². The Balaban J connectivity index is 1.71. The average molecular weight is 229 g/mol. The van der Waals surface area contributed by atoms with Gasteiger partial charge in [-0.25, -0.2) is 0 Å². The summed E-state index contributed by atoms with van der Waals surface area (Å²) in [5.74, 6) is 0. The summed E-state index contributed by atoms with van der Waals surface area (Å²) in [5.41, 5.74) is 0. The fourth-order valence-electron chi connectivity index (χ4n) is 2.03. The summed E-state index contributed by atoms with van der Waals surface area (Å²) in [6.07, 6.45) is 7.84. The molecule has 96 valence electrons. The molecule has 3 nitrogen and oxygen atoms in total. The number of hydrogen-bond acceptors (Lipinski definition) is 3. The van der Waals surface area contributed by atoms with Crippen LogP contribution in [0.15, 0.2) is 0 Å². The van der Waals surface area contributed by atoms with E-state index in [1.54, 1.807) is 0 Å². The predicted octanol–water partition coefficient (Wildman–Crippen LogP) is 2.35. The van der Waals surface area contributed by atoms with Crippen LogP contribution in [0.3, 0.4) is 0 Å². The molecule has 1 N–H and O–H groups in total. The molecular formula is C13H27NO2. The summed E-state index contributed by atoms with van der Waals surface area (Å²) < 4.78 is 10.9. The van der Waals surface area contributed by atoms with E-state index >= 15 is 0 Å². The van der Waals surface area contributed by atoms with Crippen LogP contribution in [0.5, 0.6) is 0 Å². The monoisotopic (exact) mass is 229 g/mol. The van der Waals surface area contributed by atoms with Crippen molar-refractivity contribution in [3.63, 3.8) is 0 Å². The summed E-state index contributed by atoms with van der Waals surface area (Å²) in [7, 11) is 0. The van der Waals surface area contributed by atoms with Crippen molar-refractivity contribution in [2.75, 3.05) is 33.0 Å².